The molecule has 0 aliphatic rings. The predicted molar refractivity (Wildman–Crippen MR) is 72.2 cm³/mol. The number of aromatic hydroxyl groups is 1. The summed E-state index contributed by atoms with van der Waals surface area (Å²) >= 11 is 0. The second kappa shape index (κ2) is 5.92. The standard InChI is InChI=1S/C14H19NO5/c1-14(2,3)20-13(19)12(15)9-6-8(7-11(17)18)4-5-10(9)16/h4-6,12,16H,7,15H2,1-3H3,(H,17,18). The van der Waals surface area contributed by atoms with Gasteiger partial charge in [-0.2, -0.15) is 0 Å². The van der Waals surface area contributed by atoms with Crippen molar-refractivity contribution in [1.82, 2.24) is 0 Å². The molecule has 0 bridgehead atoms. The second-order valence-corrected chi connectivity index (χ2v) is 5.47. The summed E-state index contributed by atoms with van der Waals surface area (Å²) in [5.74, 6) is -1.86. The molecule has 0 aromatic heterocycles. The highest BCUT2D eigenvalue weighted by Gasteiger charge is 2.25. The van der Waals surface area contributed by atoms with Crippen molar-refractivity contribution >= 4 is 11.9 Å². The van der Waals surface area contributed by atoms with Gasteiger partial charge >= 0.3 is 11.9 Å². The van der Waals surface area contributed by atoms with Crippen molar-refractivity contribution in [1.29, 1.82) is 0 Å². The van der Waals surface area contributed by atoms with Gasteiger partial charge < -0.3 is 20.7 Å². The number of benzene rings is 1. The molecule has 110 valence electrons. The zero-order chi connectivity index (χ0) is 15.5. The molecule has 1 atom stereocenters. The number of aliphatic carboxylic acids is 1. The van der Waals surface area contributed by atoms with Crippen LogP contribution in [0, 0.1) is 0 Å². The van der Waals surface area contributed by atoms with Crippen molar-refractivity contribution in [2.24, 2.45) is 5.73 Å². The van der Waals surface area contributed by atoms with Gasteiger partial charge in [0.2, 0.25) is 0 Å². The summed E-state index contributed by atoms with van der Waals surface area (Å²) in [6.07, 6.45) is -0.214. The Bertz CT molecular complexity index is 519. The lowest BCUT2D eigenvalue weighted by Gasteiger charge is -2.22. The van der Waals surface area contributed by atoms with Gasteiger partial charge in [0, 0.05) is 5.56 Å². The van der Waals surface area contributed by atoms with E-state index in [1.165, 1.54) is 18.2 Å². The summed E-state index contributed by atoms with van der Waals surface area (Å²) in [5, 5.41) is 18.5. The van der Waals surface area contributed by atoms with Crippen LogP contribution in [0.1, 0.15) is 37.9 Å². The fourth-order valence-corrected chi connectivity index (χ4v) is 1.63. The zero-order valence-corrected chi connectivity index (χ0v) is 11.7. The first kappa shape index (κ1) is 16.0. The quantitative estimate of drug-likeness (QED) is 0.719. The molecule has 20 heavy (non-hydrogen) atoms. The van der Waals surface area contributed by atoms with Gasteiger partial charge in [-0.1, -0.05) is 6.07 Å². The van der Waals surface area contributed by atoms with Crippen LogP contribution in [-0.2, 0) is 20.7 Å². The van der Waals surface area contributed by atoms with Crippen molar-refractivity contribution in [3.05, 3.63) is 29.3 Å². The van der Waals surface area contributed by atoms with E-state index in [-0.39, 0.29) is 17.7 Å². The lowest BCUT2D eigenvalue weighted by atomic mass is 10.0. The maximum absolute atomic E-state index is 11.9. The van der Waals surface area contributed by atoms with E-state index in [1.54, 1.807) is 20.8 Å². The molecule has 0 aliphatic carbocycles. The number of hydrogen-bond donors (Lipinski definition) is 3. The molecule has 0 heterocycles. The van der Waals surface area contributed by atoms with Crippen molar-refractivity contribution < 1.29 is 24.5 Å². The van der Waals surface area contributed by atoms with Crippen LogP contribution in [0.2, 0.25) is 0 Å². The van der Waals surface area contributed by atoms with Gasteiger partial charge in [-0.15, -0.1) is 0 Å². The Balaban J connectivity index is 2.99. The highest BCUT2D eigenvalue weighted by molar-refractivity contribution is 5.79. The number of rotatable bonds is 4. The molecule has 4 N–H and O–H groups in total. The summed E-state index contributed by atoms with van der Waals surface area (Å²) in [6.45, 7) is 5.12. The lowest BCUT2D eigenvalue weighted by molar-refractivity contribution is -0.156. The van der Waals surface area contributed by atoms with Gasteiger partial charge in [-0.05, 0) is 38.5 Å². The average molecular weight is 281 g/mol. The Morgan fingerprint density at radius 1 is 1.35 bits per heavy atom. The van der Waals surface area contributed by atoms with Gasteiger partial charge in [0.15, 0.2) is 0 Å². The molecule has 0 saturated heterocycles. The first-order valence-corrected chi connectivity index (χ1v) is 6.12. The third-order valence-electron chi connectivity index (χ3n) is 2.44. The van der Waals surface area contributed by atoms with Crippen LogP contribution in [0.5, 0.6) is 5.75 Å². The number of nitrogens with two attached hydrogens (primary N) is 1. The van der Waals surface area contributed by atoms with Crippen molar-refractivity contribution in [3.8, 4) is 5.75 Å². The molecule has 0 aliphatic heterocycles. The highest BCUT2D eigenvalue weighted by atomic mass is 16.6. The number of hydrogen-bond acceptors (Lipinski definition) is 5. The van der Waals surface area contributed by atoms with Crippen LogP contribution in [0.3, 0.4) is 0 Å². The normalized spacial score (nSPS) is 12.8. The van der Waals surface area contributed by atoms with Crippen molar-refractivity contribution in [2.75, 3.05) is 0 Å². The first-order chi connectivity index (χ1) is 9.10. The molecule has 1 aromatic rings. The molecule has 0 spiro atoms. The number of esters is 1. The maximum Gasteiger partial charge on any atom is 0.328 e. The summed E-state index contributed by atoms with van der Waals surface area (Å²) in [7, 11) is 0. The first-order valence-electron chi connectivity index (χ1n) is 6.12. The molecule has 1 unspecified atom stereocenters. The summed E-state index contributed by atoms with van der Waals surface area (Å²) in [5.41, 5.74) is 5.67. The van der Waals surface area contributed by atoms with Gasteiger partial charge in [0.05, 0.1) is 6.42 Å². The maximum atomic E-state index is 11.9. The van der Waals surface area contributed by atoms with E-state index in [1.807, 2.05) is 0 Å². The molecule has 6 nitrogen and oxygen atoms in total. The largest absolute Gasteiger partial charge is 0.508 e. The molecule has 0 fully saturated rings. The molecule has 0 amide bonds. The number of carboxylic acid groups (broad SMARTS) is 1. The van der Waals surface area contributed by atoms with E-state index in [0.29, 0.717) is 5.56 Å². The number of carbonyl (C=O) groups is 2. The van der Waals surface area contributed by atoms with Crippen LogP contribution in [0.15, 0.2) is 18.2 Å². The fraction of sp³-hybridized carbons (Fsp3) is 0.429. The average Bonchev–Trinajstić information content (AvgIpc) is 2.28. The third kappa shape index (κ3) is 4.55. The number of phenols is 1. The molecule has 1 rings (SSSR count). The van der Waals surface area contributed by atoms with E-state index < -0.39 is 23.6 Å². The van der Waals surface area contributed by atoms with E-state index in [2.05, 4.69) is 0 Å². The molecule has 1 aromatic carbocycles. The Labute approximate surface area is 117 Å². The van der Waals surface area contributed by atoms with Crippen molar-refractivity contribution in [2.45, 2.75) is 38.8 Å². The minimum atomic E-state index is -1.16. The zero-order valence-electron chi connectivity index (χ0n) is 11.7. The van der Waals surface area contributed by atoms with Crippen LogP contribution in [0.25, 0.3) is 0 Å². The van der Waals surface area contributed by atoms with Crippen LogP contribution < -0.4 is 5.73 Å². The number of carbonyl (C=O) groups excluding carboxylic acids is 1. The molecule has 0 saturated carbocycles. The number of carboxylic acids is 1. The van der Waals surface area contributed by atoms with E-state index in [0.717, 1.165) is 0 Å². The van der Waals surface area contributed by atoms with Gasteiger partial charge in [-0.25, -0.2) is 4.79 Å². The van der Waals surface area contributed by atoms with Gasteiger partial charge in [0.1, 0.15) is 17.4 Å². The van der Waals surface area contributed by atoms with E-state index in [4.69, 9.17) is 15.6 Å². The lowest BCUT2D eigenvalue weighted by Crippen LogP contribution is -2.31. The Morgan fingerprint density at radius 3 is 2.45 bits per heavy atom. The molecular formula is C14H19NO5. The summed E-state index contributed by atoms with van der Waals surface area (Å²) in [4.78, 5) is 22.5. The fourth-order valence-electron chi connectivity index (χ4n) is 1.63. The molecule has 6 heteroatoms. The van der Waals surface area contributed by atoms with E-state index in [9.17, 15) is 14.7 Å². The minimum absolute atomic E-state index is 0.151. The molecular weight excluding hydrogens is 262 g/mol. The van der Waals surface area contributed by atoms with Crippen LogP contribution in [-0.4, -0.2) is 27.8 Å². The van der Waals surface area contributed by atoms with Crippen LogP contribution in [0.4, 0.5) is 0 Å². The Kier molecular flexibility index (Phi) is 4.73. The SMILES string of the molecule is CC(C)(C)OC(=O)C(N)c1cc(CC(=O)O)ccc1O. The van der Waals surface area contributed by atoms with E-state index >= 15 is 0 Å². The van der Waals surface area contributed by atoms with Gasteiger partial charge in [-0.3, -0.25) is 4.79 Å². The predicted octanol–water partition coefficient (Wildman–Crippen LogP) is 1.36. The summed E-state index contributed by atoms with van der Waals surface area (Å²) in [6, 6.07) is 3.02. The third-order valence-corrected chi connectivity index (χ3v) is 2.44. The van der Waals surface area contributed by atoms with Gasteiger partial charge in [0.25, 0.3) is 0 Å². The highest BCUT2D eigenvalue weighted by Crippen LogP contribution is 2.26. The monoisotopic (exact) mass is 281 g/mol. The number of ether oxygens (including phenoxy) is 1. The number of phenolic OH excluding ortho intramolecular Hbond substituents is 1. The Hall–Kier alpha value is -2.08. The summed E-state index contributed by atoms with van der Waals surface area (Å²) < 4.78 is 5.14. The Morgan fingerprint density at radius 2 is 1.95 bits per heavy atom. The van der Waals surface area contributed by atoms with Crippen LogP contribution >= 0.6 is 0 Å². The second-order valence-electron chi connectivity index (χ2n) is 5.47. The van der Waals surface area contributed by atoms with Crippen molar-refractivity contribution in [3.63, 3.8) is 0 Å². The topological polar surface area (TPSA) is 110 Å². The molecule has 0 radical (unpaired) electrons. The minimum Gasteiger partial charge on any atom is -0.508 e. The smallest absolute Gasteiger partial charge is 0.328 e.